The minimum atomic E-state index is -0.310. The number of carbonyl (C=O) groups excluding carboxylic acids is 1. The summed E-state index contributed by atoms with van der Waals surface area (Å²) in [6.45, 7) is 5.95. The molecule has 0 amide bonds. The molecule has 0 fully saturated rings. The summed E-state index contributed by atoms with van der Waals surface area (Å²) in [5, 5.41) is 5.31. The molecule has 0 saturated carbocycles. The van der Waals surface area contributed by atoms with E-state index in [1.165, 1.54) is 0 Å². The second kappa shape index (κ2) is 7.70. The standard InChI is InChI=1S/C20H20ClN3O2/c1-4-26-20(25)18-10-9-17(11-13(18)2)24-14(3)22-19(23-24)12-15-5-7-16(21)8-6-15/h5-11H,4,12H2,1-3H3. The number of hydrogen-bond acceptors (Lipinski definition) is 4. The molecule has 0 spiro atoms. The van der Waals surface area contributed by atoms with Crippen LogP contribution < -0.4 is 0 Å². The molecule has 0 atom stereocenters. The van der Waals surface area contributed by atoms with Crippen LogP contribution in [0.25, 0.3) is 5.69 Å². The molecule has 0 saturated heterocycles. The van der Waals surface area contributed by atoms with E-state index in [1.54, 1.807) is 17.7 Å². The van der Waals surface area contributed by atoms with E-state index in [2.05, 4.69) is 10.1 Å². The van der Waals surface area contributed by atoms with Gasteiger partial charge in [0.1, 0.15) is 5.82 Å². The van der Waals surface area contributed by atoms with Gasteiger partial charge in [0.25, 0.3) is 0 Å². The zero-order valence-electron chi connectivity index (χ0n) is 15.0. The Morgan fingerprint density at radius 1 is 1.15 bits per heavy atom. The van der Waals surface area contributed by atoms with Crippen molar-refractivity contribution in [1.82, 2.24) is 14.8 Å². The summed E-state index contributed by atoms with van der Waals surface area (Å²) in [4.78, 5) is 16.5. The number of nitrogens with zero attached hydrogens (tertiary/aromatic N) is 3. The number of aryl methyl sites for hydroxylation is 2. The summed E-state index contributed by atoms with van der Waals surface area (Å²) in [5.41, 5.74) is 3.37. The number of aromatic nitrogens is 3. The predicted molar refractivity (Wildman–Crippen MR) is 101 cm³/mol. The average Bonchev–Trinajstić information content (AvgIpc) is 2.97. The molecule has 0 N–H and O–H groups in total. The lowest BCUT2D eigenvalue weighted by atomic mass is 10.1. The van der Waals surface area contributed by atoms with Crippen molar-refractivity contribution in [3.8, 4) is 5.69 Å². The lowest BCUT2D eigenvalue weighted by Crippen LogP contribution is -2.08. The molecule has 26 heavy (non-hydrogen) atoms. The lowest BCUT2D eigenvalue weighted by Gasteiger charge is -2.08. The molecule has 0 unspecified atom stereocenters. The highest BCUT2D eigenvalue weighted by Crippen LogP contribution is 2.18. The van der Waals surface area contributed by atoms with Crippen molar-refractivity contribution < 1.29 is 9.53 Å². The lowest BCUT2D eigenvalue weighted by molar-refractivity contribution is 0.0525. The first kappa shape index (κ1) is 18.1. The molecular formula is C20H20ClN3O2. The van der Waals surface area contributed by atoms with Crippen molar-refractivity contribution in [2.24, 2.45) is 0 Å². The van der Waals surface area contributed by atoms with E-state index in [4.69, 9.17) is 16.3 Å². The van der Waals surface area contributed by atoms with Gasteiger partial charge in [0, 0.05) is 11.4 Å². The Balaban J connectivity index is 1.85. The Bertz CT molecular complexity index is 933. The van der Waals surface area contributed by atoms with Crippen LogP contribution in [0.5, 0.6) is 0 Å². The van der Waals surface area contributed by atoms with Crippen LogP contribution in [0.15, 0.2) is 42.5 Å². The summed E-state index contributed by atoms with van der Waals surface area (Å²) in [6.07, 6.45) is 0.630. The van der Waals surface area contributed by atoms with Crippen LogP contribution in [-0.4, -0.2) is 27.3 Å². The Hall–Kier alpha value is -2.66. The van der Waals surface area contributed by atoms with Gasteiger partial charge in [-0.3, -0.25) is 0 Å². The van der Waals surface area contributed by atoms with E-state index in [1.807, 2.05) is 50.2 Å². The van der Waals surface area contributed by atoms with E-state index in [0.717, 1.165) is 28.5 Å². The van der Waals surface area contributed by atoms with Crippen molar-refractivity contribution in [1.29, 1.82) is 0 Å². The molecule has 5 nitrogen and oxygen atoms in total. The number of esters is 1. The van der Waals surface area contributed by atoms with E-state index in [0.29, 0.717) is 23.6 Å². The zero-order valence-corrected chi connectivity index (χ0v) is 15.7. The third kappa shape index (κ3) is 3.94. The normalized spacial score (nSPS) is 10.8. The minimum absolute atomic E-state index is 0.310. The molecular weight excluding hydrogens is 350 g/mol. The third-order valence-electron chi connectivity index (χ3n) is 4.04. The van der Waals surface area contributed by atoms with E-state index >= 15 is 0 Å². The summed E-state index contributed by atoms with van der Waals surface area (Å²) >= 11 is 5.93. The second-order valence-electron chi connectivity index (χ2n) is 6.01. The van der Waals surface area contributed by atoms with Crippen LogP contribution in [0.1, 0.15) is 40.1 Å². The van der Waals surface area contributed by atoms with Crippen LogP contribution in [0, 0.1) is 13.8 Å². The van der Waals surface area contributed by atoms with E-state index in [9.17, 15) is 4.79 Å². The molecule has 2 aromatic carbocycles. The minimum Gasteiger partial charge on any atom is -0.462 e. The first-order chi connectivity index (χ1) is 12.5. The number of benzene rings is 2. The molecule has 6 heteroatoms. The molecule has 0 radical (unpaired) electrons. The van der Waals surface area contributed by atoms with E-state index < -0.39 is 0 Å². The average molecular weight is 370 g/mol. The Morgan fingerprint density at radius 2 is 1.88 bits per heavy atom. The Labute approximate surface area is 157 Å². The van der Waals surface area contributed by atoms with Gasteiger partial charge in [0.05, 0.1) is 17.9 Å². The fourth-order valence-electron chi connectivity index (χ4n) is 2.77. The summed E-state index contributed by atoms with van der Waals surface area (Å²) in [5.74, 6) is 1.21. The maximum Gasteiger partial charge on any atom is 0.338 e. The van der Waals surface area contributed by atoms with Gasteiger partial charge in [0.15, 0.2) is 5.82 Å². The van der Waals surface area contributed by atoms with Crippen molar-refractivity contribution in [3.05, 3.63) is 75.8 Å². The van der Waals surface area contributed by atoms with Gasteiger partial charge in [-0.15, -0.1) is 0 Å². The maximum atomic E-state index is 11.9. The molecule has 0 bridgehead atoms. The third-order valence-corrected chi connectivity index (χ3v) is 4.29. The fraction of sp³-hybridized carbons (Fsp3) is 0.250. The SMILES string of the molecule is CCOC(=O)c1ccc(-n2nc(Cc3ccc(Cl)cc3)nc2C)cc1C. The molecule has 134 valence electrons. The van der Waals surface area contributed by atoms with Crippen molar-refractivity contribution in [2.75, 3.05) is 6.61 Å². The molecule has 1 aromatic heterocycles. The molecule has 1 heterocycles. The predicted octanol–water partition coefficient (Wildman–Crippen LogP) is 4.31. The molecule has 0 aliphatic carbocycles. The maximum absolute atomic E-state index is 11.9. The van der Waals surface area contributed by atoms with Gasteiger partial charge in [-0.05, 0) is 62.2 Å². The van der Waals surface area contributed by atoms with E-state index in [-0.39, 0.29) is 5.97 Å². The van der Waals surface area contributed by atoms with Gasteiger partial charge in [-0.2, -0.15) is 5.10 Å². The van der Waals surface area contributed by atoms with Gasteiger partial charge in [0.2, 0.25) is 0 Å². The van der Waals surface area contributed by atoms with Crippen LogP contribution in [-0.2, 0) is 11.2 Å². The first-order valence-electron chi connectivity index (χ1n) is 8.43. The van der Waals surface area contributed by atoms with Crippen molar-refractivity contribution in [2.45, 2.75) is 27.2 Å². The highest BCUT2D eigenvalue weighted by Gasteiger charge is 2.13. The smallest absolute Gasteiger partial charge is 0.338 e. The first-order valence-corrected chi connectivity index (χ1v) is 8.81. The number of rotatable bonds is 5. The highest BCUT2D eigenvalue weighted by atomic mass is 35.5. The van der Waals surface area contributed by atoms with Crippen molar-refractivity contribution >= 4 is 17.6 Å². The topological polar surface area (TPSA) is 57.0 Å². The quantitative estimate of drug-likeness (QED) is 0.629. The highest BCUT2D eigenvalue weighted by molar-refractivity contribution is 6.30. The van der Waals surface area contributed by atoms with Gasteiger partial charge >= 0.3 is 5.97 Å². The number of halogens is 1. The molecule has 0 aliphatic rings. The summed E-state index contributed by atoms with van der Waals surface area (Å²) in [6, 6.07) is 13.2. The number of hydrogen-bond donors (Lipinski definition) is 0. The van der Waals surface area contributed by atoms with Gasteiger partial charge in [-0.25, -0.2) is 14.5 Å². The van der Waals surface area contributed by atoms with Gasteiger partial charge in [-0.1, -0.05) is 23.7 Å². The van der Waals surface area contributed by atoms with Crippen LogP contribution in [0.4, 0.5) is 0 Å². The Kier molecular flexibility index (Phi) is 5.38. The Morgan fingerprint density at radius 3 is 2.54 bits per heavy atom. The summed E-state index contributed by atoms with van der Waals surface area (Å²) in [7, 11) is 0. The zero-order chi connectivity index (χ0) is 18.7. The fourth-order valence-corrected chi connectivity index (χ4v) is 2.89. The second-order valence-corrected chi connectivity index (χ2v) is 6.45. The monoisotopic (exact) mass is 369 g/mol. The van der Waals surface area contributed by atoms with Crippen LogP contribution in [0.2, 0.25) is 5.02 Å². The molecule has 3 rings (SSSR count). The molecule has 3 aromatic rings. The number of carbonyl (C=O) groups is 1. The van der Waals surface area contributed by atoms with Crippen LogP contribution >= 0.6 is 11.6 Å². The van der Waals surface area contributed by atoms with Crippen LogP contribution in [0.3, 0.4) is 0 Å². The van der Waals surface area contributed by atoms with Gasteiger partial charge < -0.3 is 4.74 Å². The largest absolute Gasteiger partial charge is 0.462 e. The van der Waals surface area contributed by atoms with Crippen molar-refractivity contribution in [3.63, 3.8) is 0 Å². The molecule has 0 aliphatic heterocycles. The number of ether oxygens (including phenoxy) is 1. The summed E-state index contributed by atoms with van der Waals surface area (Å²) < 4.78 is 6.86.